The molecule has 0 fully saturated rings. The first-order chi connectivity index (χ1) is 20.6. The van der Waals surface area contributed by atoms with Gasteiger partial charge >= 0.3 is 0 Å². The molecule has 5 nitrogen and oxygen atoms in total. The first kappa shape index (κ1) is 29.0. The van der Waals surface area contributed by atoms with Gasteiger partial charge in [0.1, 0.15) is 23.1 Å². The summed E-state index contributed by atoms with van der Waals surface area (Å²) in [5.74, 6) is 1.98. The van der Waals surface area contributed by atoms with Crippen LogP contribution < -0.4 is 19.1 Å². The molecule has 0 aliphatic carbocycles. The van der Waals surface area contributed by atoms with Crippen LogP contribution in [0, 0.1) is 12.7 Å². The average Bonchev–Trinajstić information content (AvgIpc) is 3.00. The van der Waals surface area contributed by atoms with Crippen molar-refractivity contribution in [2.45, 2.75) is 26.4 Å². The molecule has 7 heteroatoms. The summed E-state index contributed by atoms with van der Waals surface area (Å²) in [5.41, 5.74) is 6.48. The molecule has 214 valence electrons. The van der Waals surface area contributed by atoms with Gasteiger partial charge < -0.3 is 19.1 Å². The number of rotatable bonds is 13. The molecular formula is C35H34FN3O2S. The zero-order valence-corrected chi connectivity index (χ0v) is 24.6. The molecule has 5 rings (SSSR count). The van der Waals surface area contributed by atoms with E-state index in [9.17, 15) is 4.39 Å². The van der Waals surface area contributed by atoms with E-state index in [0.717, 1.165) is 51.5 Å². The number of hydrogen-bond donors (Lipinski definition) is 1. The van der Waals surface area contributed by atoms with Crippen molar-refractivity contribution in [2.24, 2.45) is 0 Å². The Labute approximate surface area is 251 Å². The number of pyridine rings is 1. The second-order valence-electron chi connectivity index (χ2n) is 9.92. The van der Waals surface area contributed by atoms with Crippen LogP contribution in [0.1, 0.15) is 22.3 Å². The Morgan fingerprint density at radius 2 is 1.55 bits per heavy atom. The van der Waals surface area contributed by atoms with Crippen LogP contribution in [0.25, 0.3) is 0 Å². The minimum absolute atomic E-state index is 0.230. The summed E-state index contributed by atoms with van der Waals surface area (Å²) in [4.78, 5) is 6.42. The molecular weight excluding hydrogens is 545 g/mol. The van der Waals surface area contributed by atoms with Crippen molar-refractivity contribution in [2.75, 3.05) is 22.5 Å². The van der Waals surface area contributed by atoms with Gasteiger partial charge in [-0.05, 0) is 83.8 Å². The van der Waals surface area contributed by atoms with Crippen molar-refractivity contribution in [1.82, 2.24) is 4.98 Å². The number of hydrogen-bond acceptors (Lipinski definition) is 6. The third kappa shape index (κ3) is 8.04. The summed E-state index contributed by atoms with van der Waals surface area (Å²) in [6, 6.07) is 32.8. The van der Waals surface area contributed by atoms with Crippen LogP contribution in [0.3, 0.4) is 0 Å². The lowest BCUT2D eigenvalue weighted by Gasteiger charge is -2.28. The van der Waals surface area contributed by atoms with Gasteiger partial charge in [0.25, 0.3) is 0 Å². The summed E-state index contributed by atoms with van der Waals surface area (Å²) in [6.07, 6.45) is 6.42. The molecule has 5 aromatic rings. The number of benzene rings is 4. The first-order valence-electron chi connectivity index (χ1n) is 13.8. The number of anilines is 2. The highest BCUT2D eigenvalue weighted by Crippen LogP contribution is 2.31. The molecule has 1 aromatic heterocycles. The van der Waals surface area contributed by atoms with Crippen LogP contribution in [-0.2, 0) is 19.5 Å². The highest BCUT2D eigenvalue weighted by molar-refractivity contribution is 7.99. The first-order valence-corrected chi connectivity index (χ1v) is 15.1. The van der Waals surface area contributed by atoms with Gasteiger partial charge in [0.05, 0.1) is 6.61 Å². The Hall–Kier alpha value is -4.49. The maximum atomic E-state index is 14.0. The van der Waals surface area contributed by atoms with Gasteiger partial charge in [0.15, 0.2) is 0 Å². The van der Waals surface area contributed by atoms with Crippen LogP contribution in [0.15, 0.2) is 116 Å². The minimum atomic E-state index is -0.230. The van der Waals surface area contributed by atoms with E-state index in [-0.39, 0.29) is 5.82 Å². The standard InChI is InChI=1S/C35H34FN3O2S/c1-26-34(38-42-2)12-5-13-35(26)39(25-29-7-3-9-30(36)21-29)24-28-14-16-31(17-15-28)41-33-11-4-10-32(22-33)40-20-18-27-8-6-19-37-23-27/h3-17,19,21-23,38H,18,20,24-25H2,1-2H3. The highest BCUT2D eigenvalue weighted by atomic mass is 32.2. The molecule has 0 saturated carbocycles. The lowest BCUT2D eigenvalue weighted by Crippen LogP contribution is -2.23. The topological polar surface area (TPSA) is 46.6 Å². The van der Waals surface area contributed by atoms with Gasteiger partial charge in [-0.25, -0.2) is 4.39 Å². The monoisotopic (exact) mass is 579 g/mol. The van der Waals surface area contributed by atoms with E-state index in [4.69, 9.17) is 9.47 Å². The predicted octanol–water partition coefficient (Wildman–Crippen LogP) is 8.84. The van der Waals surface area contributed by atoms with Crippen LogP contribution in [0.2, 0.25) is 0 Å². The van der Waals surface area contributed by atoms with Gasteiger partial charge in [0.2, 0.25) is 0 Å². The molecule has 0 spiro atoms. The smallest absolute Gasteiger partial charge is 0.131 e. The van der Waals surface area contributed by atoms with Gasteiger partial charge in [-0.2, -0.15) is 0 Å². The molecule has 4 aromatic carbocycles. The van der Waals surface area contributed by atoms with Crippen molar-refractivity contribution in [1.29, 1.82) is 0 Å². The van der Waals surface area contributed by atoms with Gasteiger partial charge in [-0.3, -0.25) is 4.98 Å². The second kappa shape index (κ2) is 14.4. The zero-order chi connectivity index (χ0) is 29.1. The summed E-state index contributed by atoms with van der Waals surface area (Å²) < 4.78 is 29.5. The Morgan fingerprint density at radius 3 is 2.33 bits per heavy atom. The van der Waals surface area contributed by atoms with E-state index in [1.165, 1.54) is 6.07 Å². The van der Waals surface area contributed by atoms with Crippen LogP contribution in [-0.4, -0.2) is 17.8 Å². The van der Waals surface area contributed by atoms with Crippen molar-refractivity contribution < 1.29 is 13.9 Å². The van der Waals surface area contributed by atoms with E-state index < -0.39 is 0 Å². The molecule has 0 unspecified atom stereocenters. The Kier molecular flexibility index (Phi) is 9.96. The van der Waals surface area contributed by atoms with Crippen LogP contribution >= 0.6 is 11.9 Å². The molecule has 0 radical (unpaired) electrons. The fourth-order valence-electron chi connectivity index (χ4n) is 4.75. The van der Waals surface area contributed by atoms with Gasteiger partial charge in [0, 0.05) is 55.6 Å². The fourth-order valence-corrected chi connectivity index (χ4v) is 5.19. The highest BCUT2D eigenvalue weighted by Gasteiger charge is 2.14. The molecule has 0 bridgehead atoms. The molecule has 0 saturated heterocycles. The normalized spacial score (nSPS) is 10.7. The third-order valence-corrected chi connectivity index (χ3v) is 7.26. The number of nitrogens with one attached hydrogen (secondary N) is 1. The van der Waals surface area contributed by atoms with E-state index in [0.29, 0.717) is 25.4 Å². The second-order valence-corrected chi connectivity index (χ2v) is 10.5. The summed E-state index contributed by atoms with van der Waals surface area (Å²) >= 11 is 1.56. The average molecular weight is 580 g/mol. The molecule has 0 atom stereocenters. The van der Waals surface area contributed by atoms with Crippen molar-refractivity contribution in [3.63, 3.8) is 0 Å². The Bertz CT molecular complexity index is 1580. The summed E-state index contributed by atoms with van der Waals surface area (Å²) in [5, 5.41) is 0. The van der Waals surface area contributed by atoms with E-state index in [1.807, 2.05) is 73.1 Å². The molecule has 1 heterocycles. The fraction of sp³-hybridized carbons (Fsp3) is 0.171. The predicted molar refractivity (Wildman–Crippen MR) is 171 cm³/mol. The molecule has 1 N–H and O–H groups in total. The third-order valence-electron chi connectivity index (χ3n) is 6.84. The SMILES string of the molecule is CSNc1cccc(N(Cc2ccc(Oc3cccc(OCCc4cccnc4)c3)cc2)Cc2cccc(F)c2)c1C. The Morgan fingerprint density at radius 1 is 0.786 bits per heavy atom. The van der Waals surface area contributed by atoms with Crippen molar-refractivity contribution >= 4 is 23.3 Å². The van der Waals surface area contributed by atoms with E-state index in [1.54, 1.807) is 30.3 Å². The molecule has 0 aliphatic rings. The number of aromatic nitrogens is 1. The van der Waals surface area contributed by atoms with Crippen LogP contribution in [0.4, 0.5) is 15.8 Å². The minimum Gasteiger partial charge on any atom is -0.493 e. The maximum Gasteiger partial charge on any atom is 0.131 e. The van der Waals surface area contributed by atoms with E-state index in [2.05, 4.69) is 45.8 Å². The van der Waals surface area contributed by atoms with Crippen LogP contribution in [0.5, 0.6) is 17.2 Å². The van der Waals surface area contributed by atoms with Crippen molar-refractivity contribution in [3.8, 4) is 17.2 Å². The number of nitrogens with zero attached hydrogens (tertiary/aromatic N) is 2. The quantitative estimate of drug-likeness (QED) is 0.141. The van der Waals surface area contributed by atoms with Crippen molar-refractivity contribution in [3.05, 3.63) is 144 Å². The number of ether oxygens (including phenoxy) is 2. The van der Waals surface area contributed by atoms with E-state index >= 15 is 0 Å². The maximum absolute atomic E-state index is 14.0. The van der Waals surface area contributed by atoms with Gasteiger partial charge in [-0.15, -0.1) is 0 Å². The molecule has 42 heavy (non-hydrogen) atoms. The Balaban J connectivity index is 1.27. The molecule has 0 aliphatic heterocycles. The summed E-state index contributed by atoms with van der Waals surface area (Å²) in [7, 11) is 0. The largest absolute Gasteiger partial charge is 0.493 e. The zero-order valence-electron chi connectivity index (χ0n) is 23.8. The number of halogens is 1. The lowest BCUT2D eigenvalue weighted by molar-refractivity contribution is 0.320. The lowest BCUT2D eigenvalue weighted by atomic mass is 10.1. The summed E-state index contributed by atoms with van der Waals surface area (Å²) in [6.45, 7) is 3.90. The van der Waals surface area contributed by atoms with Gasteiger partial charge in [-0.1, -0.05) is 54.4 Å². The molecule has 0 amide bonds.